The molecule has 0 nitrogen and oxygen atoms in total. The van der Waals surface area contributed by atoms with Crippen molar-refractivity contribution in [3.05, 3.63) is 54.6 Å². The third-order valence-electron chi connectivity index (χ3n) is 3.41. The Labute approximate surface area is 118 Å². The molecule has 0 radical (unpaired) electrons. The van der Waals surface area contributed by atoms with Crippen LogP contribution < -0.4 is 5.30 Å². The normalized spacial score (nSPS) is 13.3. The molecule has 0 aliphatic carbocycles. The Balaban J connectivity index is 2.53. The van der Waals surface area contributed by atoms with Crippen LogP contribution in [0.3, 0.4) is 0 Å². The van der Waals surface area contributed by atoms with Gasteiger partial charge in [-0.3, -0.25) is 0 Å². The molecular weight excluding hydrogens is 247 g/mol. The van der Waals surface area contributed by atoms with Crippen LogP contribution in [0.25, 0.3) is 11.1 Å². The van der Waals surface area contributed by atoms with Gasteiger partial charge in [-0.15, -0.1) is 0 Å². The predicted molar refractivity (Wildman–Crippen MR) is 88.7 cm³/mol. The van der Waals surface area contributed by atoms with Crippen LogP contribution in [-0.2, 0) is 0 Å². The number of benzene rings is 2. The van der Waals surface area contributed by atoms with Crippen LogP contribution in [0.1, 0.15) is 27.7 Å². The summed E-state index contributed by atoms with van der Waals surface area (Å²) in [5.74, 6) is 0. The van der Waals surface area contributed by atoms with Gasteiger partial charge in [-0.1, -0.05) is 90.2 Å². The van der Waals surface area contributed by atoms with Gasteiger partial charge in [0.1, 0.15) is 0 Å². The molecule has 0 aromatic heterocycles. The lowest BCUT2D eigenvalue weighted by atomic mass is 10.1. The minimum absolute atomic E-state index is 0.139. The van der Waals surface area contributed by atoms with Crippen LogP contribution in [0.2, 0.25) is 0 Å². The van der Waals surface area contributed by atoms with E-state index in [0.29, 0.717) is 5.16 Å². The van der Waals surface area contributed by atoms with E-state index in [2.05, 4.69) is 82.3 Å². The molecule has 0 N–H and O–H groups in total. The number of hydrogen-bond acceptors (Lipinski definition) is 0. The summed E-state index contributed by atoms with van der Waals surface area (Å²) in [6.45, 7) is 9.41. The fourth-order valence-corrected chi connectivity index (χ4v) is 5.35. The molecule has 0 bridgehead atoms. The first-order valence-corrected chi connectivity index (χ1v) is 8.49. The van der Waals surface area contributed by atoms with E-state index >= 15 is 0 Å². The summed E-state index contributed by atoms with van der Waals surface area (Å²) in [4.78, 5) is 0. The van der Waals surface area contributed by atoms with Gasteiger partial charge in [-0.2, -0.15) is 0 Å². The Morgan fingerprint density at radius 1 is 0.842 bits per heavy atom. The summed E-state index contributed by atoms with van der Waals surface area (Å²) in [5.41, 5.74) is 2.74. The highest BCUT2D eigenvalue weighted by molar-refractivity contribution is 7.67. The average molecular weight is 270 g/mol. The van der Waals surface area contributed by atoms with Crippen LogP contribution in [0.5, 0.6) is 0 Å². The molecular formula is C18H23P. The Morgan fingerprint density at radius 2 is 1.42 bits per heavy atom. The first-order chi connectivity index (χ1) is 9.04. The summed E-state index contributed by atoms with van der Waals surface area (Å²) < 4.78 is 0. The maximum absolute atomic E-state index is 2.37. The zero-order chi connectivity index (χ0) is 13.9. The molecule has 2 rings (SSSR count). The Hall–Kier alpha value is -1.13. The van der Waals surface area contributed by atoms with E-state index in [1.807, 2.05) is 0 Å². The molecule has 0 spiro atoms. The van der Waals surface area contributed by atoms with Crippen molar-refractivity contribution >= 4 is 13.2 Å². The van der Waals surface area contributed by atoms with E-state index in [-0.39, 0.29) is 7.92 Å². The molecule has 0 fully saturated rings. The lowest BCUT2D eigenvalue weighted by Gasteiger charge is -2.32. The Kier molecular flexibility index (Phi) is 4.42. The highest BCUT2D eigenvalue weighted by Crippen LogP contribution is 2.49. The fourth-order valence-electron chi connectivity index (χ4n) is 2.58. The van der Waals surface area contributed by atoms with Gasteiger partial charge in [0.05, 0.1) is 0 Å². The van der Waals surface area contributed by atoms with E-state index in [1.165, 1.54) is 17.3 Å². The molecule has 19 heavy (non-hydrogen) atoms. The van der Waals surface area contributed by atoms with Crippen LogP contribution in [0, 0.1) is 0 Å². The first-order valence-electron chi connectivity index (χ1n) is 6.96. The van der Waals surface area contributed by atoms with Gasteiger partial charge >= 0.3 is 0 Å². The lowest BCUT2D eigenvalue weighted by Crippen LogP contribution is -2.21. The summed E-state index contributed by atoms with van der Waals surface area (Å²) in [6, 6.07) is 19.7. The third kappa shape index (κ3) is 3.25. The van der Waals surface area contributed by atoms with Gasteiger partial charge in [0.2, 0.25) is 0 Å². The van der Waals surface area contributed by atoms with Crippen molar-refractivity contribution in [1.29, 1.82) is 0 Å². The molecule has 0 aliphatic heterocycles. The first kappa shape index (κ1) is 14.3. The number of rotatable bonds is 3. The maximum atomic E-state index is 2.37. The molecule has 0 amide bonds. The number of hydrogen-bond donors (Lipinski definition) is 0. The second kappa shape index (κ2) is 5.88. The van der Waals surface area contributed by atoms with Gasteiger partial charge in [0, 0.05) is 0 Å². The molecule has 1 atom stereocenters. The molecule has 0 heterocycles. The average Bonchev–Trinajstić information content (AvgIpc) is 2.39. The van der Waals surface area contributed by atoms with Crippen molar-refractivity contribution in [3.63, 3.8) is 0 Å². The second-order valence-electron chi connectivity index (χ2n) is 5.80. The predicted octanol–water partition coefficient (Wildman–Crippen LogP) is 5.28. The van der Waals surface area contributed by atoms with E-state index in [4.69, 9.17) is 0 Å². The topological polar surface area (TPSA) is 0 Å². The van der Waals surface area contributed by atoms with E-state index < -0.39 is 0 Å². The molecule has 2 aromatic carbocycles. The van der Waals surface area contributed by atoms with Gasteiger partial charge in [0.25, 0.3) is 0 Å². The molecule has 2 aromatic rings. The second-order valence-corrected chi connectivity index (χ2v) is 9.11. The molecule has 1 unspecified atom stereocenters. The SMILES string of the molecule is CCP(c1ccccc1-c1ccccc1)C(C)(C)C. The van der Waals surface area contributed by atoms with Gasteiger partial charge in [-0.25, -0.2) is 0 Å². The van der Waals surface area contributed by atoms with E-state index in [1.54, 1.807) is 5.30 Å². The van der Waals surface area contributed by atoms with Crippen LogP contribution in [0.15, 0.2) is 54.6 Å². The van der Waals surface area contributed by atoms with Crippen LogP contribution in [0.4, 0.5) is 0 Å². The largest absolute Gasteiger partial charge is 0.0694 e. The monoisotopic (exact) mass is 270 g/mol. The molecule has 0 saturated heterocycles. The quantitative estimate of drug-likeness (QED) is 0.666. The summed E-state index contributed by atoms with van der Waals surface area (Å²) >= 11 is 0. The van der Waals surface area contributed by atoms with E-state index in [9.17, 15) is 0 Å². The highest BCUT2D eigenvalue weighted by atomic mass is 31.1. The minimum Gasteiger partial charge on any atom is -0.0694 e. The maximum Gasteiger partial charge on any atom is -0.0107 e. The van der Waals surface area contributed by atoms with Crippen molar-refractivity contribution in [2.75, 3.05) is 6.16 Å². The Morgan fingerprint density at radius 3 is 2.00 bits per heavy atom. The summed E-state index contributed by atoms with van der Waals surface area (Å²) in [5, 5.41) is 1.90. The van der Waals surface area contributed by atoms with Crippen molar-refractivity contribution in [2.45, 2.75) is 32.9 Å². The third-order valence-corrected chi connectivity index (χ3v) is 6.63. The van der Waals surface area contributed by atoms with Crippen LogP contribution >= 0.6 is 7.92 Å². The molecule has 0 saturated carbocycles. The van der Waals surface area contributed by atoms with Crippen molar-refractivity contribution in [1.82, 2.24) is 0 Å². The van der Waals surface area contributed by atoms with Gasteiger partial charge in [0.15, 0.2) is 0 Å². The highest BCUT2D eigenvalue weighted by Gasteiger charge is 2.25. The smallest absolute Gasteiger partial charge is 0.0107 e. The minimum atomic E-state index is -0.139. The van der Waals surface area contributed by atoms with Crippen LogP contribution in [-0.4, -0.2) is 11.3 Å². The summed E-state index contributed by atoms with van der Waals surface area (Å²) in [7, 11) is -0.139. The standard InChI is InChI=1S/C18H23P/c1-5-19(18(2,3)4)17-14-10-9-13-16(17)15-11-7-6-8-12-15/h6-14H,5H2,1-4H3. The van der Waals surface area contributed by atoms with Crippen molar-refractivity contribution in [3.8, 4) is 11.1 Å². The zero-order valence-corrected chi connectivity index (χ0v) is 13.2. The fraction of sp³-hybridized carbons (Fsp3) is 0.333. The lowest BCUT2D eigenvalue weighted by molar-refractivity contribution is 0.787. The van der Waals surface area contributed by atoms with Gasteiger partial charge < -0.3 is 0 Å². The van der Waals surface area contributed by atoms with Crippen molar-refractivity contribution < 1.29 is 0 Å². The molecule has 100 valence electrons. The molecule has 1 heteroatoms. The van der Waals surface area contributed by atoms with Gasteiger partial charge in [-0.05, 0) is 27.7 Å². The van der Waals surface area contributed by atoms with E-state index in [0.717, 1.165) is 0 Å². The molecule has 0 aliphatic rings. The summed E-state index contributed by atoms with van der Waals surface area (Å²) in [6.07, 6.45) is 1.24. The zero-order valence-electron chi connectivity index (χ0n) is 12.4. The van der Waals surface area contributed by atoms with Crippen molar-refractivity contribution in [2.24, 2.45) is 0 Å². The Bertz CT molecular complexity index is 523.